The summed E-state index contributed by atoms with van der Waals surface area (Å²) in [6.07, 6.45) is 7.55. The molecule has 4 rings (SSSR count). The van der Waals surface area contributed by atoms with Crippen molar-refractivity contribution in [1.29, 1.82) is 0 Å². The Morgan fingerprint density at radius 2 is 1.83 bits per heavy atom. The van der Waals surface area contributed by atoms with Crippen molar-refractivity contribution in [2.75, 3.05) is 0 Å². The van der Waals surface area contributed by atoms with Crippen LogP contribution in [0, 0.1) is 5.92 Å². The molecule has 0 aliphatic heterocycles. The maximum atomic E-state index is 12.1. The number of rotatable bonds is 7. The lowest BCUT2D eigenvalue weighted by atomic mass is 10.00. The minimum Gasteiger partial charge on any atom is -0.481 e. The smallest absolute Gasteiger partial charge is 0.314 e. The SMILES string of the molecule is CC(C)Cc1nc(-c2cccnc2)nn2c(C(Cc3cccnc3)C(=O)O)nnc12. The quantitative estimate of drug-likeness (QED) is 0.500. The summed E-state index contributed by atoms with van der Waals surface area (Å²) in [4.78, 5) is 25.0. The zero-order valence-corrected chi connectivity index (χ0v) is 16.7. The van der Waals surface area contributed by atoms with Gasteiger partial charge in [-0.25, -0.2) is 4.98 Å². The molecule has 4 heterocycles. The van der Waals surface area contributed by atoms with Crippen LogP contribution in [0.3, 0.4) is 0 Å². The highest BCUT2D eigenvalue weighted by Crippen LogP contribution is 2.23. The van der Waals surface area contributed by atoms with E-state index in [1.165, 1.54) is 4.52 Å². The lowest BCUT2D eigenvalue weighted by Gasteiger charge is -2.12. The number of hydrogen-bond donors (Lipinski definition) is 1. The molecule has 0 fully saturated rings. The van der Waals surface area contributed by atoms with Crippen molar-refractivity contribution in [3.8, 4) is 11.4 Å². The fourth-order valence-electron chi connectivity index (χ4n) is 3.27. The van der Waals surface area contributed by atoms with Crippen LogP contribution in [0.4, 0.5) is 0 Å². The number of carboxylic acids is 1. The Bertz CT molecular complexity index is 1160. The number of pyridine rings is 2. The Balaban J connectivity index is 1.86. The van der Waals surface area contributed by atoms with Crippen LogP contribution >= 0.6 is 0 Å². The highest BCUT2D eigenvalue weighted by Gasteiger charge is 2.28. The number of nitrogens with zero attached hydrogens (tertiary/aromatic N) is 7. The largest absolute Gasteiger partial charge is 0.481 e. The van der Waals surface area contributed by atoms with E-state index in [2.05, 4.69) is 44.1 Å². The number of hydrogen-bond acceptors (Lipinski definition) is 7. The van der Waals surface area contributed by atoms with Crippen LogP contribution in [0.2, 0.25) is 0 Å². The summed E-state index contributed by atoms with van der Waals surface area (Å²) >= 11 is 0. The molecule has 0 saturated carbocycles. The summed E-state index contributed by atoms with van der Waals surface area (Å²) in [6.45, 7) is 4.17. The van der Waals surface area contributed by atoms with Gasteiger partial charge in [0.25, 0.3) is 0 Å². The van der Waals surface area contributed by atoms with Crippen LogP contribution in [0.1, 0.15) is 36.8 Å². The second-order valence-electron chi connectivity index (χ2n) is 7.47. The molecule has 4 aromatic rings. The normalized spacial score (nSPS) is 12.4. The van der Waals surface area contributed by atoms with Crippen LogP contribution in [0.5, 0.6) is 0 Å². The highest BCUT2D eigenvalue weighted by atomic mass is 16.4. The van der Waals surface area contributed by atoms with Crippen molar-refractivity contribution >= 4 is 11.6 Å². The average Bonchev–Trinajstić information content (AvgIpc) is 3.17. The van der Waals surface area contributed by atoms with Crippen molar-refractivity contribution in [3.63, 3.8) is 0 Å². The average molecular weight is 403 g/mol. The van der Waals surface area contributed by atoms with Gasteiger partial charge >= 0.3 is 5.97 Å². The third kappa shape index (κ3) is 4.00. The van der Waals surface area contributed by atoms with E-state index in [1.54, 1.807) is 36.9 Å². The highest BCUT2D eigenvalue weighted by molar-refractivity contribution is 5.75. The van der Waals surface area contributed by atoms with Crippen LogP contribution in [-0.2, 0) is 17.6 Å². The molecule has 1 atom stereocenters. The molecule has 9 nitrogen and oxygen atoms in total. The van der Waals surface area contributed by atoms with E-state index in [0.29, 0.717) is 23.8 Å². The molecular formula is C21H21N7O2. The Labute approximate surface area is 172 Å². The summed E-state index contributed by atoms with van der Waals surface area (Å²) in [6, 6.07) is 7.29. The molecule has 1 N–H and O–H groups in total. The summed E-state index contributed by atoms with van der Waals surface area (Å²) in [5.74, 6) is -0.874. The molecule has 0 radical (unpaired) electrons. The van der Waals surface area contributed by atoms with Gasteiger partial charge in [0, 0.05) is 30.4 Å². The van der Waals surface area contributed by atoms with Gasteiger partial charge in [0.05, 0.1) is 5.69 Å². The maximum absolute atomic E-state index is 12.1. The number of aromatic nitrogens is 7. The monoisotopic (exact) mass is 403 g/mol. The van der Waals surface area contributed by atoms with Crippen molar-refractivity contribution in [1.82, 2.24) is 34.8 Å². The van der Waals surface area contributed by atoms with Gasteiger partial charge in [0.2, 0.25) is 0 Å². The summed E-state index contributed by atoms with van der Waals surface area (Å²) in [5.41, 5.74) is 2.74. The summed E-state index contributed by atoms with van der Waals surface area (Å²) < 4.78 is 1.52. The van der Waals surface area contributed by atoms with E-state index in [1.807, 2.05) is 12.1 Å². The number of aliphatic carboxylic acids is 1. The predicted octanol–water partition coefficient (Wildman–Crippen LogP) is 2.59. The van der Waals surface area contributed by atoms with Gasteiger partial charge in [-0.3, -0.25) is 14.8 Å². The summed E-state index contributed by atoms with van der Waals surface area (Å²) in [5, 5.41) is 22.9. The van der Waals surface area contributed by atoms with Gasteiger partial charge < -0.3 is 5.11 Å². The Morgan fingerprint density at radius 1 is 1.07 bits per heavy atom. The number of fused-ring (bicyclic) bond motifs is 1. The first-order valence-corrected chi connectivity index (χ1v) is 9.67. The van der Waals surface area contributed by atoms with Crippen LogP contribution in [0.25, 0.3) is 17.0 Å². The molecule has 4 aromatic heterocycles. The minimum absolute atomic E-state index is 0.232. The maximum Gasteiger partial charge on any atom is 0.314 e. The van der Waals surface area contributed by atoms with E-state index in [-0.39, 0.29) is 12.2 Å². The zero-order chi connectivity index (χ0) is 21.1. The second kappa shape index (κ2) is 8.32. The fraction of sp³-hybridized carbons (Fsp3) is 0.286. The van der Waals surface area contributed by atoms with Crippen LogP contribution in [-0.4, -0.2) is 45.8 Å². The zero-order valence-electron chi connectivity index (χ0n) is 16.7. The lowest BCUT2D eigenvalue weighted by Crippen LogP contribution is -2.19. The Morgan fingerprint density at radius 3 is 2.47 bits per heavy atom. The molecule has 0 aliphatic carbocycles. The van der Waals surface area contributed by atoms with Gasteiger partial charge in [-0.2, -0.15) is 4.52 Å². The van der Waals surface area contributed by atoms with E-state index < -0.39 is 11.9 Å². The van der Waals surface area contributed by atoms with Gasteiger partial charge in [-0.1, -0.05) is 19.9 Å². The molecule has 0 aliphatic rings. The van der Waals surface area contributed by atoms with Gasteiger partial charge in [-0.15, -0.1) is 15.3 Å². The predicted molar refractivity (Wildman–Crippen MR) is 109 cm³/mol. The molecule has 0 spiro atoms. The fourth-order valence-corrected chi connectivity index (χ4v) is 3.27. The molecule has 30 heavy (non-hydrogen) atoms. The first kappa shape index (κ1) is 19.6. The van der Waals surface area contributed by atoms with Crippen molar-refractivity contribution < 1.29 is 9.90 Å². The first-order chi connectivity index (χ1) is 14.5. The van der Waals surface area contributed by atoms with Gasteiger partial charge in [0.15, 0.2) is 17.3 Å². The molecule has 0 saturated heterocycles. The molecule has 1 unspecified atom stereocenters. The topological polar surface area (TPSA) is 119 Å². The first-order valence-electron chi connectivity index (χ1n) is 9.67. The Hall–Kier alpha value is -3.75. The van der Waals surface area contributed by atoms with E-state index in [9.17, 15) is 9.90 Å². The van der Waals surface area contributed by atoms with Crippen LogP contribution in [0.15, 0.2) is 49.1 Å². The van der Waals surface area contributed by atoms with Gasteiger partial charge in [-0.05, 0) is 42.5 Å². The van der Waals surface area contributed by atoms with E-state index in [0.717, 1.165) is 16.8 Å². The van der Waals surface area contributed by atoms with Crippen molar-refractivity contribution in [3.05, 3.63) is 66.1 Å². The molecule has 0 bridgehead atoms. The van der Waals surface area contributed by atoms with Crippen LogP contribution < -0.4 is 0 Å². The molecule has 152 valence electrons. The van der Waals surface area contributed by atoms with Crippen molar-refractivity contribution in [2.45, 2.75) is 32.6 Å². The molecule has 0 aromatic carbocycles. The molecular weight excluding hydrogens is 382 g/mol. The van der Waals surface area contributed by atoms with E-state index >= 15 is 0 Å². The van der Waals surface area contributed by atoms with E-state index in [4.69, 9.17) is 0 Å². The third-order valence-electron chi connectivity index (χ3n) is 4.65. The standard InChI is InChI=1S/C21H21N7O2/c1-13(2)9-17-20-26-25-19(16(21(29)30)10-14-5-3-7-22-11-14)28(20)27-18(24-17)15-6-4-8-23-12-15/h3-8,11-13,16H,9-10H2,1-2H3,(H,29,30). The lowest BCUT2D eigenvalue weighted by molar-refractivity contribution is -0.139. The second-order valence-corrected chi connectivity index (χ2v) is 7.47. The third-order valence-corrected chi connectivity index (χ3v) is 4.65. The number of carboxylic acid groups (broad SMARTS) is 1. The molecule has 9 heteroatoms. The molecule has 0 amide bonds. The van der Waals surface area contributed by atoms with Gasteiger partial charge in [0.1, 0.15) is 5.92 Å². The van der Waals surface area contributed by atoms with Crippen molar-refractivity contribution in [2.24, 2.45) is 5.92 Å². The summed E-state index contributed by atoms with van der Waals surface area (Å²) in [7, 11) is 0. The number of carbonyl (C=O) groups is 1. The Kier molecular flexibility index (Phi) is 5.42. The minimum atomic E-state index is -1.000.